The van der Waals surface area contributed by atoms with Gasteiger partial charge in [0, 0.05) is 5.69 Å². The van der Waals surface area contributed by atoms with Crippen LogP contribution in [-0.4, -0.2) is 33.0 Å². The third-order valence-corrected chi connectivity index (χ3v) is 6.98. The number of thioether (sulfide) groups is 1. The largest absolute Gasteiger partial charge is 0.454 e. The number of ether oxygens (including phenoxy) is 2. The first-order valence-electron chi connectivity index (χ1n) is 10.1. The lowest BCUT2D eigenvalue weighted by Gasteiger charge is -2.25. The van der Waals surface area contributed by atoms with Gasteiger partial charge in [-0.1, -0.05) is 35.2 Å². The zero-order valence-electron chi connectivity index (χ0n) is 18.1. The van der Waals surface area contributed by atoms with Gasteiger partial charge in [0.2, 0.25) is 17.9 Å². The fourth-order valence-corrected chi connectivity index (χ4v) is 4.93. The summed E-state index contributed by atoms with van der Waals surface area (Å²) in [5.41, 5.74) is 4.41. The molecule has 0 fully saturated rings. The summed E-state index contributed by atoms with van der Waals surface area (Å²) in [6.07, 6.45) is 0. The number of hydrazone groups is 1. The molecular weight excluding hydrogens is 444 g/mol. The van der Waals surface area contributed by atoms with Gasteiger partial charge in [-0.2, -0.15) is 10.1 Å². The molecule has 2 aliphatic heterocycles. The molecule has 1 N–H and O–H groups in total. The summed E-state index contributed by atoms with van der Waals surface area (Å²) in [6.45, 7) is 8.34. The third kappa shape index (κ3) is 4.15. The Morgan fingerprint density at radius 2 is 1.88 bits per heavy atom. The highest BCUT2D eigenvalue weighted by atomic mass is 32.2. The van der Waals surface area contributed by atoms with Crippen LogP contribution >= 0.6 is 23.1 Å². The lowest BCUT2D eigenvalue weighted by Crippen LogP contribution is -2.32. The van der Waals surface area contributed by atoms with Gasteiger partial charge in [-0.05, 0) is 68.7 Å². The minimum atomic E-state index is -0.115. The van der Waals surface area contributed by atoms with E-state index in [9.17, 15) is 0 Å². The number of guanidine groups is 1. The molecule has 1 aromatic heterocycles. The van der Waals surface area contributed by atoms with Crippen molar-refractivity contribution in [3.8, 4) is 11.5 Å². The number of hydrogen-bond acceptors (Lipinski definition) is 8. The molecule has 5 rings (SSSR count). The Kier molecular flexibility index (Phi) is 5.48. The Hall–Kier alpha value is -3.11. The number of anilines is 1. The van der Waals surface area contributed by atoms with Gasteiger partial charge in [-0.25, -0.2) is 5.01 Å². The topological polar surface area (TPSA) is 84.2 Å². The van der Waals surface area contributed by atoms with Crippen LogP contribution in [0.1, 0.15) is 34.0 Å². The molecule has 32 heavy (non-hydrogen) atoms. The molecule has 0 spiro atoms. The Morgan fingerprint density at radius 3 is 2.66 bits per heavy atom. The van der Waals surface area contributed by atoms with Gasteiger partial charge in [0.15, 0.2) is 11.5 Å². The van der Waals surface area contributed by atoms with Gasteiger partial charge in [-0.3, -0.25) is 0 Å². The maximum Gasteiger partial charge on any atom is 0.234 e. The average Bonchev–Trinajstić information content (AvgIpc) is 3.49. The van der Waals surface area contributed by atoms with Crippen LogP contribution in [0, 0.1) is 20.8 Å². The lowest BCUT2D eigenvalue weighted by atomic mass is 10.1. The van der Waals surface area contributed by atoms with E-state index < -0.39 is 0 Å². The van der Waals surface area contributed by atoms with Gasteiger partial charge in [0.25, 0.3) is 0 Å². The first kappa shape index (κ1) is 20.8. The molecular formula is C22H22N6O2S2. The molecule has 0 bridgehead atoms. The number of aromatic nitrogens is 2. The van der Waals surface area contributed by atoms with E-state index in [1.54, 1.807) is 11.8 Å². The zero-order chi connectivity index (χ0) is 22.2. The van der Waals surface area contributed by atoms with E-state index in [0.717, 1.165) is 32.8 Å². The van der Waals surface area contributed by atoms with Crippen molar-refractivity contribution in [3.63, 3.8) is 0 Å². The summed E-state index contributed by atoms with van der Waals surface area (Å²) < 4.78 is 11.1. The monoisotopic (exact) mass is 466 g/mol. The predicted octanol–water partition coefficient (Wildman–Crippen LogP) is 5.37. The van der Waals surface area contributed by atoms with Gasteiger partial charge in [0.05, 0.1) is 5.04 Å². The molecule has 2 aromatic carbocycles. The van der Waals surface area contributed by atoms with Crippen molar-refractivity contribution in [2.24, 2.45) is 10.1 Å². The summed E-state index contributed by atoms with van der Waals surface area (Å²) in [7, 11) is 0. The molecule has 10 heteroatoms. The number of aryl methyl sites for hydroxylation is 3. The van der Waals surface area contributed by atoms with E-state index in [1.807, 2.05) is 43.1 Å². The molecule has 1 unspecified atom stereocenters. The summed E-state index contributed by atoms with van der Waals surface area (Å²) in [6, 6.07) is 12.2. The number of aliphatic imine (C=N–C) groups is 1. The van der Waals surface area contributed by atoms with Crippen LogP contribution in [-0.2, 0) is 0 Å². The summed E-state index contributed by atoms with van der Waals surface area (Å²) >= 11 is 3.10. The van der Waals surface area contributed by atoms with E-state index in [1.165, 1.54) is 22.5 Å². The average molecular weight is 467 g/mol. The predicted molar refractivity (Wildman–Crippen MR) is 129 cm³/mol. The van der Waals surface area contributed by atoms with Crippen molar-refractivity contribution in [2.45, 2.75) is 33.1 Å². The van der Waals surface area contributed by atoms with Crippen LogP contribution in [0.3, 0.4) is 0 Å². The molecule has 0 saturated carbocycles. The normalized spacial score (nSPS) is 17.6. The fraction of sp³-hybridized carbons (Fsp3) is 0.273. The highest BCUT2D eigenvalue weighted by Crippen LogP contribution is 2.43. The number of hydrogen-bond donors (Lipinski definition) is 1. The summed E-state index contributed by atoms with van der Waals surface area (Å²) in [4.78, 5) is 4.79. The van der Waals surface area contributed by atoms with Crippen molar-refractivity contribution in [2.75, 3.05) is 12.1 Å². The Bertz CT molecular complexity index is 1240. The molecule has 0 saturated heterocycles. The minimum Gasteiger partial charge on any atom is -0.454 e. The molecule has 8 nitrogen and oxygen atoms in total. The van der Waals surface area contributed by atoms with Crippen molar-refractivity contribution < 1.29 is 9.47 Å². The minimum absolute atomic E-state index is 0.115. The molecule has 164 valence electrons. The molecule has 1 atom stereocenters. The smallest absolute Gasteiger partial charge is 0.234 e. The second-order valence-electron chi connectivity index (χ2n) is 7.51. The first-order chi connectivity index (χ1) is 15.5. The van der Waals surface area contributed by atoms with Crippen LogP contribution < -0.4 is 14.8 Å². The maximum atomic E-state index is 5.59. The highest BCUT2D eigenvalue weighted by Gasteiger charge is 2.32. The second-order valence-corrected chi connectivity index (χ2v) is 9.94. The van der Waals surface area contributed by atoms with E-state index in [0.29, 0.717) is 11.1 Å². The van der Waals surface area contributed by atoms with Gasteiger partial charge >= 0.3 is 0 Å². The lowest BCUT2D eigenvalue weighted by molar-refractivity contribution is 0.174. The molecule has 2 aliphatic rings. The van der Waals surface area contributed by atoms with Crippen LogP contribution in [0.15, 0.2) is 46.5 Å². The number of fused-ring (bicyclic) bond motifs is 1. The van der Waals surface area contributed by atoms with E-state index in [2.05, 4.69) is 41.5 Å². The van der Waals surface area contributed by atoms with Gasteiger partial charge in [0.1, 0.15) is 10.4 Å². The van der Waals surface area contributed by atoms with Gasteiger partial charge < -0.3 is 14.8 Å². The van der Waals surface area contributed by atoms with Crippen molar-refractivity contribution >= 4 is 44.9 Å². The number of benzene rings is 2. The van der Waals surface area contributed by atoms with E-state index >= 15 is 0 Å². The number of nitrogens with one attached hydrogen (secondary N) is 1. The first-order valence-corrected chi connectivity index (χ1v) is 11.8. The van der Waals surface area contributed by atoms with E-state index in [-0.39, 0.29) is 12.2 Å². The maximum absolute atomic E-state index is 5.59. The summed E-state index contributed by atoms with van der Waals surface area (Å²) in [5.74, 6) is 2.08. The number of rotatable bonds is 3. The Balaban J connectivity index is 1.53. The van der Waals surface area contributed by atoms with Crippen molar-refractivity contribution in [1.29, 1.82) is 0 Å². The van der Waals surface area contributed by atoms with Crippen LogP contribution in [0.2, 0.25) is 0 Å². The SMILES string of the molecule is CC1=NN(/C(=N/c2nnc(C)s2)Nc2ccc(C)c(C)c2)C(c2ccc3c(c2)OCO3)S1. The molecule has 0 aliphatic carbocycles. The summed E-state index contributed by atoms with van der Waals surface area (Å²) in [5, 5.41) is 20.7. The Morgan fingerprint density at radius 1 is 1.03 bits per heavy atom. The molecule has 0 amide bonds. The number of nitrogens with zero attached hydrogens (tertiary/aromatic N) is 5. The van der Waals surface area contributed by atoms with Crippen molar-refractivity contribution in [3.05, 3.63) is 58.1 Å². The van der Waals surface area contributed by atoms with Crippen LogP contribution in [0.5, 0.6) is 11.5 Å². The molecule has 0 radical (unpaired) electrons. The molecule has 3 aromatic rings. The molecule has 3 heterocycles. The van der Waals surface area contributed by atoms with E-state index in [4.69, 9.17) is 19.6 Å². The van der Waals surface area contributed by atoms with Crippen LogP contribution in [0.4, 0.5) is 10.8 Å². The van der Waals surface area contributed by atoms with Crippen molar-refractivity contribution in [1.82, 2.24) is 15.2 Å². The third-order valence-electron chi connectivity index (χ3n) is 5.13. The highest BCUT2D eigenvalue weighted by molar-refractivity contribution is 8.14. The quantitative estimate of drug-likeness (QED) is 0.410. The van der Waals surface area contributed by atoms with Gasteiger partial charge in [-0.15, -0.1) is 10.2 Å². The zero-order valence-corrected chi connectivity index (χ0v) is 19.8. The standard InChI is InChI=1S/C22H22N6O2S2/c1-12-5-7-17(9-13(12)2)23-21(24-22-26-25-14(3)32-22)28-20(31-15(4)27-28)16-6-8-18-19(10-16)30-11-29-18/h5-10,20H,11H2,1-4H3,(H,23,24,26). The Labute approximate surface area is 194 Å². The second kappa shape index (κ2) is 8.44. The fourth-order valence-electron chi connectivity index (χ4n) is 3.38. The van der Waals surface area contributed by atoms with Crippen LogP contribution in [0.25, 0.3) is 0 Å².